The van der Waals surface area contributed by atoms with E-state index in [0.29, 0.717) is 0 Å². The SMILES string of the molecule is CN(c1ccncc1)c1ccsc1. The molecule has 2 heterocycles. The van der Waals surface area contributed by atoms with Gasteiger partial charge < -0.3 is 4.90 Å². The van der Waals surface area contributed by atoms with Crippen molar-refractivity contribution in [1.29, 1.82) is 0 Å². The van der Waals surface area contributed by atoms with Crippen molar-refractivity contribution in [3.05, 3.63) is 41.4 Å². The molecule has 0 atom stereocenters. The molecule has 0 unspecified atom stereocenters. The first-order valence-electron chi connectivity index (χ1n) is 4.04. The lowest BCUT2D eigenvalue weighted by Gasteiger charge is -2.16. The molecule has 2 aromatic heterocycles. The Bertz CT molecular complexity index is 356. The molecule has 0 aliphatic carbocycles. The van der Waals surface area contributed by atoms with Gasteiger partial charge in [-0.25, -0.2) is 0 Å². The van der Waals surface area contributed by atoms with E-state index >= 15 is 0 Å². The van der Waals surface area contributed by atoms with Crippen molar-refractivity contribution in [1.82, 2.24) is 4.98 Å². The fraction of sp³-hybridized carbons (Fsp3) is 0.100. The van der Waals surface area contributed by atoms with E-state index in [9.17, 15) is 0 Å². The molecule has 0 radical (unpaired) electrons. The molecule has 66 valence electrons. The van der Waals surface area contributed by atoms with Crippen LogP contribution in [0.2, 0.25) is 0 Å². The summed E-state index contributed by atoms with van der Waals surface area (Å²) < 4.78 is 0. The van der Waals surface area contributed by atoms with Crippen LogP contribution < -0.4 is 4.90 Å². The Morgan fingerprint density at radius 1 is 1.15 bits per heavy atom. The number of pyridine rings is 1. The maximum atomic E-state index is 3.99. The highest BCUT2D eigenvalue weighted by atomic mass is 32.1. The summed E-state index contributed by atoms with van der Waals surface area (Å²) in [5, 5.41) is 4.20. The van der Waals surface area contributed by atoms with Crippen LogP contribution in [-0.4, -0.2) is 12.0 Å². The Hall–Kier alpha value is -1.35. The molecule has 2 aromatic rings. The standard InChI is InChI=1S/C10H10N2S/c1-12(10-4-7-13-8-10)9-2-5-11-6-3-9/h2-8H,1H3. The van der Waals surface area contributed by atoms with Gasteiger partial charge in [-0.3, -0.25) is 4.98 Å². The number of hydrogen-bond donors (Lipinski definition) is 0. The molecular formula is C10H10N2S. The van der Waals surface area contributed by atoms with Gasteiger partial charge >= 0.3 is 0 Å². The Balaban J connectivity index is 2.29. The first-order chi connectivity index (χ1) is 6.38. The predicted octanol–water partition coefficient (Wildman–Crippen LogP) is 2.91. The van der Waals surface area contributed by atoms with Crippen molar-refractivity contribution in [2.75, 3.05) is 11.9 Å². The minimum atomic E-state index is 1.16. The third kappa shape index (κ3) is 1.70. The fourth-order valence-electron chi connectivity index (χ4n) is 1.16. The fourth-order valence-corrected chi connectivity index (χ4v) is 1.84. The Labute approximate surface area is 81.5 Å². The summed E-state index contributed by atoms with van der Waals surface area (Å²) in [4.78, 5) is 6.12. The van der Waals surface area contributed by atoms with Crippen molar-refractivity contribution in [2.24, 2.45) is 0 Å². The first-order valence-corrected chi connectivity index (χ1v) is 4.98. The van der Waals surface area contributed by atoms with Crippen LogP contribution in [0.15, 0.2) is 41.4 Å². The molecule has 0 bridgehead atoms. The van der Waals surface area contributed by atoms with Gasteiger partial charge in [-0.2, -0.15) is 11.3 Å². The molecular weight excluding hydrogens is 180 g/mol. The van der Waals surface area contributed by atoms with Gasteiger partial charge in [0, 0.05) is 30.5 Å². The predicted molar refractivity (Wildman–Crippen MR) is 56.6 cm³/mol. The van der Waals surface area contributed by atoms with Gasteiger partial charge in [-0.15, -0.1) is 0 Å². The monoisotopic (exact) mass is 190 g/mol. The Morgan fingerprint density at radius 2 is 1.92 bits per heavy atom. The smallest absolute Gasteiger partial charge is 0.0516 e. The van der Waals surface area contributed by atoms with Gasteiger partial charge in [-0.05, 0) is 23.6 Å². The van der Waals surface area contributed by atoms with Crippen molar-refractivity contribution < 1.29 is 0 Å². The maximum Gasteiger partial charge on any atom is 0.0516 e. The van der Waals surface area contributed by atoms with Crippen LogP contribution in [0.5, 0.6) is 0 Å². The molecule has 0 saturated carbocycles. The summed E-state index contributed by atoms with van der Waals surface area (Å²) in [6.07, 6.45) is 3.61. The lowest BCUT2D eigenvalue weighted by Crippen LogP contribution is -2.07. The molecule has 2 rings (SSSR count). The zero-order valence-corrected chi connectivity index (χ0v) is 8.16. The average Bonchev–Trinajstić information content (AvgIpc) is 2.71. The van der Waals surface area contributed by atoms with Crippen LogP contribution >= 0.6 is 11.3 Å². The van der Waals surface area contributed by atoms with Crippen molar-refractivity contribution in [3.63, 3.8) is 0 Å². The lowest BCUT2D eigenvalue weighted by atomic mass is 10.3. The summed E-state index contributed by atoms with van der Waals surface area (Å²) in [6.45, 7) is 0. The second kappa shape index (κ2) is 3.58. The number of hydrogen-bond acceptors (Lipinski definition) is 3. The molecule has 13 heavy (non-hydrogen) atoms. The molecule has 0 aliphatic rings. The van der Waals surface area contributed by atoms with Gasteiger partial charge in [0.2, 0.25) is 0 Å². The lowest BCUT2D eigenvalue weighted by molar-refractivity contribution is 1.19. The second-order valence-corrected chi connectivity index (χ2v) is 3.53. The van der Waals surface area contributed by atoms with Gasteiger partial charge in [-0.1, -0.05) is 0 Å². The number of thiophene rings is 1. The zero-order valence-electron chi connectivity index (χ0n) is 7.34. The Morgan fingerprint density at radius 3 is 2.54 bits per heavy atom. The van der Waals surface area contributed by atoms with E-state index in [1.807, 2.05) is 12.1 Å². The van der Waals surface area contributed by atoms with Crippen LogP contribution in [0.25, 0.3) is 0 Å². The largest absolute Gasteiger partial charge is 0.344 e. The van der Waals surface area contributed by atoms with Crippen LogP contribution in [0.4, 0.5) is 11.4 Å². The summed E-state index contributed by atoms with van der Waals surface area (Å²) in [5.74, 6) is 0. The molecule has 0 aromatic carbocycles. The van der Waals surface area contributed by atoms with E-state index in [4.69, 9.17) is 0 Å². The van der Waals surface area contributed by atoms with E-state index in [2.05, 4.69) is 33.8 Å². The highest BCUT2D eigenvalue weighted by Crippen LogP contribution is 2.24. The zero-order chi connectivity index (χ0) is 9.10. The van der Waals surface area contributed by atoms with Crippen LogP contribution in [0.1, 0.15) is 0 Å². The van der Waals surface area contributed by atoms with E-state index < -0.39 is 0 Å². The highest BCUT2D eigenvalue weighted by Gasteiger charge is 2.01. The van der Waals surface area contributed by atoms with Crippen molar-refractivity contribution >= 4 is 22.7 Å². The summed E-state index contributed by atoms with van der Waals surface area (Å²) >= 11 is 1.71. The van der Waals surface area contributed by atoms with E-state index in [0.717, 1.165) is 5.69 Å². The van der Waals surface area contributed by atoms with E-state index in [1.165, 1.54) is 5.69 Å². The van der Waals surface area contributed by atoms with Crippen LogP contribution in [0, 0.1) is 0 Å². The van der Waals surface area contributed by atoms with E-state index in [-0.39, 0.29) is 0 Å². The van der Waals surface area contributed by atoms with Crippen molar-refractivity contribution in [3.8, 4) is 0 Å². The molecule has 0 aliphatic heterocycles. The summed E-state index contributed by atoms with van der Waals surface area (Å²) in [5.41, 5.74) is 2.38. The number of anilines is 2. The van der Waals surface area contributed by atoms with Crippen LogP contribution in [0.3, 0.4) is 0 Å². The maximum absolute atomic E-state index is 3.99. The molecule has 0 N–H and O–H groups in total. The van der Waals surface area contributed by atoms with Gasteiger partial charge in [0.1, 0.15) is 0 Å². The van der Waals surface area contributed by atoms with Gasteiger partial charge in [0.25, 0.3) is 0 Å². The first kappa shape index (κ1) is 8.26. The average molecular weight is 190 g/mol. The highest BCUT2D eigenvalue weighted by molar-refractivity contribution is 7.08. The minimum absolute atomic E-state index is 1.16. The van der Waals surface area contributed by atoms with Crippen molar-refractivity contribution in [2.45, 2.75) is 0 Å². The third-order valence-corrected chi connectivity index (χ3v) is 2.61. The second-order valence-electron chi connectivity index (χ2n) is 2.75. The van der Waals surface area contributed by atoms with Crippen LogP contribution in [-0.2, 0) is 0 Å². The topological polar surface area (TPSA) is 16.1 Å². The minimum Gasteiger partial charge on any atom is -0.344 e. The van der Waals surface area contributed by atoms with Gasteiger partial charge in [0.15, 0.2) is 0 Å². The normalized spacial score (nSPS) is 9.92. The number of rotatable bonds is 2. The molecule has 0 spiro atoms. The third-order valence-electron chi connectivity index (χ3n) is 1.94. The molecule has 0 fully saturated rings. The molecule has 2 nitrogen and oxygen atoms in total. The summed E-state index contributed by atoms with van der Waals surface area (Å²) in [6, 6.07) is 6.10. The van der Waals surface area contributed by atoms with E-state index in [1.54, 1.807) is 23.7 Å². The summed E-state index contributed by atoms with van der Waals surface area (Å²) in [7, 11) is 2.05. The molecule has 0 amide bonds. The van der Waals surface area contributed by atoms with Gasteiger partial charge in [0.05, 0.1) is 5.69 Å². The molecule has 3 heteroatoms. The Kier molecular flexibility index (Phi) is 2.27. The molecule has 0 saturated heterocycles. The quantitative estimate of drug-likeness (QED) is 0.723. The number of nitrogens with zero attached hydrogens (tertiary/aromatic N) is 2. The number of aromatic nitrogens is 1.